The van der Waals surface area contributed by atoms with Crippen LogP contribution in [0, 0.1) is 0 Å². The number of nitrogens with one attached hydrogen (secondary N) is 1. The van der Waals surface area contributed by atoms with Crippen LogP contribution in [0.3, 0.4) is 0 Å². The molecule has 0 aliphatic carbocycles. The van der Waals surface area contributed by atoms with Gasteiger partial charge in [-0.05, 0) is 12.0 Å². The molecule has 0 saturated carbocycles. The molecule has 1 aliphatic rings. The molecule has 104 valence electrons. The molecule has 1 aromatic heterocycles. The lowest BCUT2D eigenvalue weighted by Gasteiger charge is -2.28. The zero-order valence-corrected chi connectivity index (χ0v) is 11.6. The summed E-state index contributed by atoms with van der Waals surface area (Å²) in [4.78, 5) is 17.7. The third-order valence-electron chi connectivity index (χ3n) is 3.77. The number of fused-ring (bicyclic) bond motifs is 1. The van der Waals surface area contributed by atoms with Gasteiger partial charge in [-0.2, -0.15) is 0 Å². The van der Waals surface area contributed by atoms with Gasteiger partial charge in [-0.3, -0.25) is 9.69 Å². The molecular weight excluding hydrogens is 252 g/mol. The van der Waals surface area contributed by atoms with E-state index >= 15 is 0 Å². The highest BCUT2D eigenvalue weighted by atomic mass is 16.5. The first-order chi connectivity index (χ1) is 9.78. The fourth-order valence-corrected chi connectivity index (χ4v) is 2.70. The predicted molar refractivity (Wildman–Crippen MR) is 77.9 cm³/mol. The summed E-state index contributed by atoms with van der Waals surface area (Å²) in [5.74, 6) is 0.403. The molecule has 0 saturated heterocycles. The van der Waals surface area contributed by atoms with Gasteiger partial charge in [0.05, 0.1) is 7.11 Å². The Balaban J connectivity index is 1.79. The Hall–Kier alpha value is -2.07. The molecule has 4 nitrogen and oxygen atoms in total. The number of ether oxygens (including phenoxy) is 1. The number of benzene rings is 1. The number of methoxy groups -OCH3 is 1. The Labute approximate surface area is 118 Å². The molecule has 3 rings (SSSR count). The second-order valence-electron chi connectivity index (χ2n) is 5.09. The van der Waals surface area contributed by atoms with Crippen molar-refractivity contribution in [3.63, 3.8) is 0 Å². The maximum absolute atomic E-state index is 12.1. The molecular formula is C16H18N2O2. The van der Waals surface area contributed by atoms with Crippen molar-refractivity contribution in [1.29, 1.82) is 0 Å². The van der Waals surface area contributed by atoms with Gasteiger partial charge in [-0.25, -0.2) is 0 Å². The number of pyridine rings is 1. The van der Waals surface area contributed by atoms with Crippen LogP contribution in [0.25, 0.3) is 0 Å². The summed E-state index contributed by atoms with van der Waals surface area (Å²) in [5.41, 5.74) is 3.21. The second-order valence-corrected chi connectivity index (χ2v) is 5.09. The summed E-state index contributed by atoms with van der Waals surface area (Å²) in [6.07, 6.45) is 2.43. The number of rotatable bonds is 3. The Morgan fingerprint density at radius 2 is 2.10 bits per heavy atom. The Kier molecular flexibility index (Phi) is 3.56. The summed E-state index contributed by atoms with van der Waals surface area (Å²) >= 11 is 0. The molecule has 0 unspecified atom stereocenters. The zero-order valence-electron chi connectivity index (χ0n) is 11.6. The summed E-state index contributed by atoms with van der Waals surface area (Å²) < 4.78 is 5.08. The highest BCUT2D eigenvalue weighted by Crippen LogP contribution is 2.18. The first kappa shape index (κ1) is 12.9. The number of hydrogen-bond donors (Lipinski definition) is 1. The van der Waals surface area contributed by atoms with E-state index in [0.29, 0.717) is 5.75 Å². The molecule has 1 N–H and O–H groups in total. The summed E-state index contributed by atoms with van der Waals surface area (Å²) in [6.45, 7) is 2.59. The van der Waals surface area contributed by atoms with E-state index in [1.807, 2.05) is 6.07 Å². The average Bonchev–Trinajstić information content (AvgIpc) is 2.49. The summed E-state index contributed by atoms with van der Waals surface area (Å²) in [6, 6.07) is 10.4. The maximum Gasteiger partial charge on any atom is 0.226 e. The van der Waals surface area contributed by atoms with Crippen LogP contribution in [0.1, 0.15) is 16.8 Å². The van der Waals surface area contributed by atoms with Gasteiger partial charge in [0.15, 0.2) is 5.75 Å². The van der Waals surface area contributed by atoms with Crippen LogP contribution >= 0.6 is 0 Å². The van der Waals surface area contributed by atoms with Crippen LogP contribution in [0.4, 0.5) is 0 Å². The number of aromatic nitrogens is 1. The van der Waals surface area contributed by atoms with Crippen molar-refractivity contribution in [1.82, 2.24) is 9.88 Å². The number of hydrogen-bond acceptors (Lipinski definition) is 3. The van der Waals surface area contributed by atoms with Crippen molar-refractivity contribution in [2.75, 3.05) is 13.7 Å². The van der Waals surface area contributed by atoms with Gasteiger partial charge in [-0.1, -0.05) is 30.3 Å². The van der Waals surface area contributed by atoms with E-state index < -0.39 is 0 Å². The lowest BCUT2D eigenvalue weighted by molar-refractivity contribution is 0.240. The van der Waals surface area contributed by atoms with E-state index in [9.17, 15) is 4.79 Å². The fourth-order valence-electron chi connectivity index (χ4n) is 2.70. The van der Waals surface area contributed by atoms with Crippen LogP contribution in [-0.2, 0) is 19.5 Å². The van der Waals surface area contributed by atoms with E-state index in [0.717, 1.165) is 37.3 Å². The number of nitrogens with zero attached hydrogens (tertiary/aromatic N) is 1. The minimum Gasteiger partial charge on any atom is -0.491 e. The fraction of sp³-hybridized carbons (Fsp3) is 0.312. The topological polar surface area (TPSA) is 45.3 Å². The molecule has 0 spiro atoms. The molecule has 0 amide bonds. The van der Waals surface area contributed by atoms with Crippen LogP contribution in [0.5, 0.6) is 5.75 Å². The SMILES string of the molecule is COc1c[nH]c2c(c1=O)CCN(Cc1ccccc1)C2. The summed E-state index contributed by atoms with van der Waals surface area (Å²) in [5, 5.41) is 0. The van der Waals surface area contributed by atoms with Gasteiger partial charge in [0.2, 0.25) is 5.43 Å². The summed E-state index contributed by atoms with van der Waals surface area (Å²) in [7, 11) is 1.53. The maximum atomic E-state index is 12.1. The molecule has 0 atom stereocenters. The van der Waals surface area contributed by atoms with Crippen molar-refractivity contribution in [2.24, 2.45) is 0 Å². The highest BCUT2D eigenvalue weighted by molar-refractivity contribution is 5.31. The van der Waals surface area contributed by atoms with Gasteiger partial charge < -0.3 is 9.72 Å². The molecule has 2 aromatic rings. The second kappa shape index (κ2) is 5.51. The molecule has 0 radical (unpaired) electrons. The van der Waals surface area contributed by atoms with Gasteiger partial charge >= 0.3 is 0 Å². The van der Waals surface area contributed by atoms with Gasteiger partial charge in [0, 0.05) is 37.1 Å². The Morgan fingerprint density at radius 1 is 1.30 bits per heavy atom. The first-order valence-electron chi connectivity index (χ1n) is 6.81. The average molecular weight is 270 g/mol. The largest absolute Gasteiger partial charge is 0.491 e. The van der Waals surface area contributed by atoms with Gasteiger partial charge in [-0.15, -0.1) is 0 Å². The number of aromatic amines is 1. The van der Waals surface area contributed by atoms with Crippen LogP contribution < -0.4 is 10.2 Å². The van der Waals surface area contributed by atoms with E-state index in [1.54, 1.807) is 6.20 Å². The highest BCUT2D eigenvalue weighted by Gasteiger charge is 2.20. The van der Waals surface area contributed by atoms with Crippen molar-refractivity contribution in [2.45, 2.75) is 19.5 Å². The number of H-pyrrole nitrogens is 1. The zero-order chi connectivity index (χ0) is 13.9. The van der Waals surface area contributed by atoms with E-state index in [-0.39, 0.29) is 5.43 Å². The minimum atomic E-state index is 0.0283. The molecule has 0 fully saturated rings. The third-order valence-corrected chi connectivity index (χ3v) is 3.77. The van der Waals surface area contributed by atoms with Crippen molar-refractivity contribution in [3.05, 3.63) is 63.6 Å². The Morgan fingerprint density at radius 3 is 2.85 bits per heavy atom. The van der Waals surface area contributed by atoms with Gasteiger partial charge in [0.1, 0.15) is 0 Å². The van der Waals surface area contributed by atoms with Crippen LogP contribution in [0.2, 0.25) is 0 Å². The van der Waals surface area contributed by atoms with E-state index in [1.165, 1.54) is 12.7 Å². The van der Waals surface area contributed by atoms with E-state index in [4.69, 9.17) is 4.74 Å². The quantitative estimate of drug-likeness (QED) is 0.927. The smallest absolute Gasteiger partial charge is 0.226 e. The van der Waals surface area contributed by atoms with E-state index in [2.05, 4.69) is 34.1 Å². The molecule has 4 heteroatoms. The van der Waals surface area contributed by atoms with Gasteiger partial charge in [0.25, 0.3) is 0 Å². The lowest BCUT2D eigenvalue weighted by atomic mass is 10.0. The normalized spacial score (nSPS) is 14.8. The van der Waals surface area contributed by atoms with Crippen molar-refractivity contribution < 1.29 is 4.74 Å². The minimum absolute atomic E-state index is 0.0283. The molecule has 1 aromatic carbocycles. The van der Waals surface area contributed by atoms with Crippen molar-refractivity contribution in [3.8, 4) is 5.75 Å². The van der Waals surface area contributed by atoms with Crippen LogP contribution in [-0.4, -0.2) is 23.5 Å². The molecule has 2 heterocycles. The monoisotopic (exact) mass is 270 g/mol. The third kappa shape index (κ3) is 2.47. The van der Waals surface area contributed by atoms with Crippen molar-refractivity contribution >= 4 is 0 Å². The Bertz CT molecular complexity index is 649. The lowest BCUT2D eigenvalue weighted by Crippen LogP contribution is -2.34. The standard InChI is InChI=1S/C16H18N2O2/c1-20-15-9-17-14-11-18(8-7-13(14)16(15)19)10-12-5-3-2-4-6-12/h2-6,9H,7-8,10-11H2,1H3,(H,17,19). The molecule has 0 bridgehead atoms. The molecule has 1 aliphatic heterocycles. The first-order valence-corrected chi connectivity index (χ1v) is 6.81. The predicted octanol–water partition coefficient (Wildman–Crippen LogP) is 1.94. The van der Waals surface area contributed by atoms with Crippen LogP contribution in [0.15, 0.2) is 41.3 Å². The molecule has 20 heavy (non-hydrogen) atoms.